The van der Waals surface area contributed by atoms with Gasteiger partial charge in [0.1, 0.15) is 66.5 Å². The lowest BCUT2D eigenvalue weighted by Crippen LogP contribution is -2.62. The van der Waals surface area contributed by atoms with Crippen molar-refractivity contribution in [3.8, 4) is 0 Å². The molecule has 3 aromatic rings. The molecule has 0 radical (unpaired) electrons. The number of fused-ring (bicyclic) bond motifs is 1. The number of amides is 13. The van der Waals surface area contributed by atoms with Crippen LogP contribution in [-0.2, 0) is 84.8 Å². The van der Waals surface area contributed by atoms with Gasteiger partial charge in [0, 0.05) is 36.6 Å². The maximum atomic E-state index is 15.0. The number of aliphatic carboxylic acids is 2. The van der Waals surface area contributed by atoms with Crippen molar-refractivity contribution in [1.82, 2.24) is 63.5 Å². The van der Waals surface area contributed by atoms with E-state index in [2.05, 4.69) is 73.5 Å². The molecule has 0 unspecified atom stereocenters. The van der Waals surface area contributed by atoms with Crippen LogP contribution < -0.4 is 104 Å². The van der Waals surface area contributed by atoms with Crippen LogP contribution in [0.5, 0.6) is 0 Å². The highest BCUT2D eigenvalue weighted by atomic mass is 16.4. The summed E-state index contributed by atoms with van der Waals surface area (Å²) in [4.78, 5) is 217. The number of carboxylic acids is 2. The third kappa shape index (κ3) is 32.9. The molecule has 0 saturated heterocycles. The molecule has 1 aromatic heterocycles. The predicted molar refractivity (Wildman–Crippen MR) is 402 cm³/mol. The maximum absolute atomic E-state index is 15.0. The van der Waals surface area contributed by atoms with E-state index in [0.29, 0.717) is 28.5 Å². The molecule has 2 aromatic carbocycles. The molecule has 13 amide bonds. The lowest BCUT2D eigenvalue weighted by Gasteiger charge is -2.29. The number of hydrogen-bond acceptors (Lipinski definition) is 20. The quantitative estimate of drug-likeness (QED) is 0.0142. The van der Waals surface area contributed by atoms with Gasteiger partial charge in [0.15, 0.2) is 11.9 Å². The van der Waals surface area contributed by atoms with Crippen LogP contribution in [-0.4, -0.2) is 219 Å². The number of hydrogen-bond donors (Lipinski definition) is 23. The van der Waals surface area contributed by atoms with Crippen molar-refractivity contribution < 1.29 is 87.2 Å². The molecule has 40 nitrogen and oxygen atoms in total. The molecule has 0 aliphatic carbocycles. The highest BCUT2D eigenvalue weighted by Crippen LogP contribution is 2.21. The summed E-state index contributed by atoms with van der Waals surface area (Å²) in [6.45, 7) is 10.3. The van der Waals surface area contributed by atoms with E-state index in [0.717, 1.165) is 6.92 Å². The minimum atomic E-state index is -2.00. The molecule has 40 heteroatoms. The molecule has 3 rings (SSSR count). The van der Waals surface area contributed by atoms with Crippen molar-refractivity contribution in [3.05, 3.63) is 71.9 Å². The van der Waals surface area contributed by atoms with Gasteiger partial charge in [-0.25, -0.2) is 4.79 Å². The van der Waals surface area contributed by atoms with Crippen LogP contribution in [0.4, 0.5) is 0 Å². The van der Waals surface area contributed by atoms with Crippen molar-refractivity contribution in [2.24, 2.45) is 73.6 Å². The molecule has 31 N–H and O–H groups in total. The predicted octanol–water partition coefficient (Wildman–Crippen LogP) is -6.10. The molecule has 0 bridgehead atoms. The Morgan fingerprint density at radius 3 is 1.29 bits per heavy atom. The van der Waals surface area contributed by atoms with E-state index in [1.54, 1.807) is 74.6 Å². The summed E-state index contributed by atoms with van der Waals surface area (Å²) in [5.74, 6) is -19.6. The Hall–Kier alpha value is -11.5. The maximum Gasteiger partial charge on any atom is 0.326 e. The lowest BCUT2D eigenvalue weighted by atomic mass is 10.00. The SMILES string of the molecule is CC(C)C[C@H](NC(=O)[C@H](CC(N)=O)NC(=O)[C@@H](N)Cc1ccccc1)C(=O)N[C@@H](CCCCN)C(=O)N[C@@H](Cc1c[nH]c2ccccc12)C(=O)N[C@@H](CC(N)=O)C(=O)N[C@@H](CCCN=C(N)N)C(=O)N[C@@H](CCCN=C(N)N)C(=O)N[C@H](C(=O)N[C@@H](CC(=O)O)C(=O)N[C@H](C(=O)N[C@H](C(=O)O)C(C)C)[C@@H](C)O)C(C)C. The first-order valence-electron chi connectivity index (χ1n) is 35.9. The number of carboxylic acid groups (broad SMARTS) is 2. The average molecular weight is 1550 g/mol. The number of benzene rings is 2. The van der Waals surface area contributed by atoms with E-state index in [-0.39, 0.29) is 95.3 Å². The molecule has 0 fully saturated rings. The van der Waals surface area contributed by atoms with Crippen LogP contribution in [0.15, 0.2) is 70.8 Å². The van der Waals surface area contributed by atoms with Gasteiger partial charge < -0.3 is 125 Å². The van der Waals surface area contributed by atoms with Crippen molar-refractivity contribution in [3.63, 3.8) is 0 Å². The number of nitrogens with one attached hydrogen (secondary N) is 12. The number of primary amides is 2. The minimum absolute atomic E-state index is 0.0466. The summed E-state index contributed by atoms with van der Waals surface area (Å²) in [6.07, 6.45) is -3.49. The number of carbonyl (C=O) groups excluding carboxylic acids is 13. The van der Waals surface area contributed by atoms with E-state index in [1.807, 2.05) is 0 Å². The number of rotatable bonds is 50. The summed E-state index contributed by atoms with van der Waals surface area (Å²) >= 11 is 0. The Balaban J connectivity index is 2.07. The van der Waals surface area contributed by atoms with Crippen LogP contribution in [0.1, 0.15) is 130 Å². The van der Waals surface area contributed by atoms with Gasteiger partial charge in [-0.15, -0.1) is 0 Å². The number of aromatic nitrogens is 1. The monoisotopic (exact) mass is 1550 g/mol. The van der Waals surface area contributed by atoms with Gasteiger partial charge in [0.05, 0.1) is 31.4 Å². The second kappa shape index (κ2) is 46.6. The summed E-state index contributed by atoms with van der Waals surface area (Å²) in [5.41, 5.74) is 47.3. The van der Waals surface area contributed by atoms with Gasteiger partial charge >= 0.3 is 11.9 Å². The molecule has 0 aliphatic rings. The van der Waals surface area contributed by atoms with Crippen molar-refractivity contribution in [2.45, 2.75) is 211 Å². The van der Waals surface area contributed by atoms with E-state index < -0.39 is 198 Å². The summed E-state index contributed by atoms with van der Waals surface area (Å²) in [5, 5.41) is 57.6. The van der Waals surface area contributed by atoms with Crippen molar-refractivity contribution in [1.29, 1.82) is 0 Å². The number of guanidine groups is 2. The van der Waals surface area contributed by atoms with E-state index in [9.17, 15) is 82.4 Å². The Labute approximate surface area is 635 Å². The topological polar surface area (TPSA) is 698 Å². The number of para-hydroxylation sites is 1. The highest BCUT2D eigenvalue weighted by molar-refractivity contribution is 6.01. The number of aliphatic hydroxyl groups excluding tert-OH is 1. The fourth-order valence-electron chi connectivity index (χ4n) is 11.3. The summed E-state index contributed by atoms with van der Waals surface area (Å²) in [7, 11) is 0. The number of aliphatic imine (C=N–C) groups is 2. The van der Waals surface area contributed by atoms with Crippen LogP contribution >= 0.6 is 0 Å². The number of carbonyl (C=O) groups is 15. The van der Waals surface area contributed by atoms with E-state index in [1.165, 1.54) is 27.7 Å². The zero-order chi connectivity index (χ0) is 82.6. The van der Waals surface area contributed by atoms with Gasteiger partial charge in [-0.05, 0) is 106 Å². The molecule has 1 heterocycles. The van der Waals surface area contributed by atoms with Gasteiger partial charge in [-0.2, -0.15) is 0 Å². The number of H-pyrrole nitrogens is 1. The number of aromatic amines is 1. The molecule has 0 saturated carbocycles. The first-order valence-corrected chi connectivity index (χ1v) is 35.9. The Morgan fingerprint density at radius 1 is 0.427 bits per heavy atom. The van der Waals surface area contributed by atoms with E-state index >= 15 is 4.79 Å². The first kappa shape index (κ1) is 92.7. The second-order valence-electron chi connectivity index (χ2n) is 27.6. The minimum Gasteiger partial charge on any atom is -0.481 e. The van der Waals surface area contributed by atoms with Gasteiger partial charge in [-0.3, -0.25) is 77.1 Å². The molecule has 13 atom stereocenters. The Morgan fingerprint density at radius 2 is 0.818 bits per heavy atom. The first-order chi connectivity index (χ1) is 51.7. The third-order valence-electron chi connectivity index (χ3n) is 17.1. The van der Waals surface area contributed by atoms with Crippen LogP contribution in [0.2, 0.25) is 0 Å². The molecule has 608 valence electrons. The second-order valence-corrected chi connectivity index (χ2v) is 27.6. The Kier molecular flexibility index (Phi) is 39.3. The molecule has 0 aliphatic heterocycles. The van der Waals surface area contributed by atoms with Crippen molar-refractivity contribution in [2.75, 3.05) is 19.6 Å². The summed E-state index contributed by atoms with van der Waals surface area (Å²) < 4.78 is 0. The van der Waals surface area contributed by atoms with Gasteiger partial charge in [0.2, 0.25) is 76.8 Å². The van der Waals surface area contributed by atoms with Crippen LogP contribution in [0.25, 0.3) is 10.9 Å². The average Bonchev–Trinajstić information content (AvgIpc) is 1.73. The van der Waals surface area contributed by atoms with Crippen LogP contribution in [0.3, 0.4) is 0 Å². The fourth-order valence-corrected chi connectivity index (χ4v) is 11.3. The number of nitrogens with two attached hydrogens (primary N) is 8. The Bertz CT molecular complexity index is 3710. The van der Waals surface area contributed by atoms with E-state index in [4.69, 9.17) is 45.9 Å². The highest BCUT2D eigenvalue weighted by Gasteiger charge is 2.39. The lowest BCUT2D eigenvalue weighted by molar-refractivity contribution is -0.145. The van der Waals surface area contributed by atoms with Gasteiger partial charge in [0.25, 0.3) is 0 Å². The standard InChI is InChI=1S/C70H110N22O18/c1-34(2)27-46(86-64(105)48(30-51(73)94)85-57(98)41(72)28-38-17-9-8-10-18-38)61(102)83-43(21-13-14-24-71)59(100)87-47(29-39-33-81-42-20-12-11-19-40(39)42)62(103)88-49(31-52(74)95)63(104)84-44(22-15-25-79-69(75)76)58(99)82-45(23-16-26-80-70(77)78)60(101)90-54(35(3)4)66(107)89-50(32-53(96)97)65(106)92-56(37(7)93)67(108)91-55(36(5)6)68(109)110/h8-12,17-20,33-37,41,43-50,54-56,81,93H,13-16,21-32,71-72H2,1-7H3,(H2,73,94)(H2,74,95)(H,82,99)(H,83,102)(H,84,104)(H,85,98)(H,86,105)(H,87,100)(H,88,103)(H,89,107)(H,90,101)(H,91,108)(H,92,106)(H,96,97)(H,109,110)(H4,75,76,79)(H4,77,78,80)/t37-,41+,43+,44+,45+,46+,47+,48+,49+,50+,54+,55+,56+/m1/s1. The fraction of sp³-hybridized carbons (Fsp3) is 0.557. The van der Waals surface area contributed by atoms with Gasteiger partial charge in [-0.1, -0.05) is 90.1 Å². The molecular formula is C70H110N22O18. The van der Waals surface area contributed by atoms with Crippen LogP contribution in [0, 0.1) is 17.8 Å². The number of unbranched alkanes of at least 4 members (excludes halogenated alkanes) is 1. The molecule has 0 spiro atoms. The molecular weight excluding hydrogens is 1440 g/mol. The third-order valence-corrected chi connectivity index (χ3v) is 17.1. The summed E-state index contributed by atoms with van der Waals surface area (Å²) in [6, 6.07) is -4.02. The van der Waals surface area contributed by atoms with Crippen molar-refractivity contribution >= 4 is 112 Å². The zero-order valence-electron chi connectivity index (χ0n) is 62.8. The number of aliphatic hydroxyl groups is 1. The molecule has 110 heavy (non-hydrogen) atoms. The smallest absolute Gasteiger partial charge is 0.326 e. The largest absolute Gasteiger partial charge is 0.481 e. The normalized spacial score (nSPS) is 14.7. The number of nitrogens with zero attached hydrogens (tertiary/aromatic N) is 2. The zero-order valence-corrected chi connectivity index (χ0v) is 62.8.